The monoisotopic (exact) mass is 374 g/mol. The van der Waals surface area contributed by atoms with E-state index in [9.17, 15) is 5.11 Å². The molecular weight excluding hydrogens is 348 g/mol. The molecular formula is C23H26N4O. The molecule has 5 heteroatoms. The molecule has 144 valence electrons. The lowest BCUT2D eigenvalue weighted by molar-refractivity contribution is 0.480. The molecule has 0 spiro atoms. The maximum Gasteiger partial charge on any atom is 0.141 e. The molecule has 0 amide bonds. The molecule has 0 atom stereocenters. The van der Waals surface area contributed by atoms with Crippen molar-refractivity contribution in [1.82, 2.24) is 9.97 Å². The van der Waals surface area contributed by atoms with Crippen molar-refractivity contribution in [2.75, 3.05) is 5.43 Å². The van der Waals surface area contributed by atoms with Crippen LogP contribution < -0.4 is 5.43 Å². The van der Waals surface area contributed by atoms with Gasteiger partial charge < -0.3 is 5.11 Å². The standard InChI is InChI=1S/C19H14N4O.2C2H6/c24-18-5-1-3-14-7-9-16(22-19(14)18)12-21-23-15-8-6-13-4-2-10-20-17(13)11-15;2*1-2/h1-12,23-24H;2*1-2H3/b21-12-;;. The first-order valence-corrected chi connectivity index (χ1v) is 9.52. The third-order valence-corrected chi connectivity index (χ3v) is 3.72. The zero-order chi connectivity index (χ0) is 20.4. The third-order valence-electron chi connectivity index (χ3n) is 3.72. The Morgan fingerprint density at radius 2 is 1.64 bits per heavy atom. The van der Waals surface area contributed by atoms with Crippen LogP contribution in [-0.2, 0) is 0 Å². The molecule has 4 aromatic rings. The lowest BCUT2D eigenvalue weighted by atomic mass is 10.2. The van der Waals surface area contributed by atoms with Crippen LogP contribution >= 0.6 is 0 Å². The van der Waals surface area contributed by atoms with E-state index in [2.05, 4.69) is 20.5 Å². The minimum absolute atomic E-state index is 0.163. The van der Waals surface area contributed by atoms with Gasteiger partial charge in [-0.3, -0.25) is 10.4 Å². The summed E-state index contributed by atoms with van der Waals surface area (Å²) in [7, 11) is 0. The molecule has 0 saturated heterocycles. The number of aromatic nitrogens is 2. The van der Waals surface area contributed by atoms with Crippen LogP contribution in [0.3, 0.4) is 0 Å². The number of hydrazone groups is 1. The van der Waals surface area contributed by atoms with Crippen LogP contribution in [0.4, 0.5) is 5.69 Å². The smallest absolute Gasteiger partial charge is 0.141 e. The third kappa shape index (κ3) is 5.04. The molecule has 5 nitrogen and oxygen atoms in total. The predicted octanol–water partition coefficient (Wildman–Crippen LogP) is 5.99. The highest BCUT2D eigenvalue weighted by atomic mass is 16.3. The van der Waals surface area contributed by atoms with Crippen molar-refractivity contribution in [3.63, 3.8) is 0 Å². The fourth-order valence-electron chi connectivity index (χ4n) is 2.53. The van der Waals surface area contributed by atoms with Crippen LogP contribution in [0.1, 0.15) is 33.4 Å². The highest BCUT2D eigenvalue weighted by molar-refractivity contribution is 5.88. The molecule has 0 radical (unpaired) electrons. The normalized spacial score (nSPS) is 10.1. The zero-order valence-corrected chi connectivity index (χ0v) is 16.7. The fourth-order valence-corrected chi connectivity index (χ4v) is 2.53. The minimum atomic E-state index is 0.163. The van der Waals surface area contributed by atoms with Crippen molar-refractivity contribution in [3.05, 3.63) is 72.6 Å². The quantitative estimate of drug-likeness (QED) is 0.341. The highest BCUT2D eigenvalue weighted by Crippen LogP contribution is 2.22. The SMILES string of the molecule is CC.CC.Oc1cccc2ccc(/C=N\Nc3ccc4cccnc4c3)nc12. The van der Waals surface area contributed by atoms with Gasteiger partial charge in [-0.15, -0.1) is 0 Å². The molecule has 4 rings (SSSR count). The second-order valence-corrected chi connectivity index (χ2v) is 5.37. The van der Waals surface area contributed by atoms with E-state index >= 15 is 0 Å². The van der Waals surface area contributed by atoms with Gasteiger partial charge in [0.15, 0.2) is 0 Å². The van der Waals surface area contributed by atoms with Gasteiger partial charge in [0.1, 0.15) is 11.3 Å². The summed E-state index contributed by atoms with van der Waals surface area (Å²) >= 11 is 0. The van der Waals surface area contributed by atoms with Crippen molar-refractivity contribution in [1.29, 1.82) is 0 Å². The Kier molecular flexibility index (Phi) is 7.91. The largest absolute Gasteiger partial charge is 0.506 e. The van der Waals surface area contributed by atoms with Gasteiger partial charge in [-0.2, -0.15) is 5.10 Å². The number of anilines is 1. The molecule has 2 aromatic heterocycles. The van der Waals surface area contributed by atoms with Gasteiger partial charge in [0.25, 0.3) is 0 Å². The second-order valence-electron chi connectivity index (χ2n) is 5.37. The molecule has 0 aliphatic rings. The molecule has 0 saturated carbocycles. The van der Waals surface area contributed by atoms with Gasteiger partial charge in [-0.1, -0.05) is 58.0 Å². The van der Waals surface area contributed by atoms with E-state index < -0.39 is 0 Å². The van der Waals surface area contributed by atoms with E-state index in [0.29, 0.717) is 11.2 Å². The Hall–Kier alpha value is -3.47. The molecule has 0 aliphatic carbocycles. The van der Waals surface area contributed by atoms with Gasteiger partial charge >= 0.3 is 0 Å². The van der Waals surface area contributed by atoms with E-state index in [4.69, 9.17) is 0 Å². The number of nitrogens with one attached hydrogen (secondary N) is 1. The van der Waals surface area contributed by atoms with Crippen LogP contribution in [0, 0.1) is 0 Å². The molecule has 2 N–H and O–H groups in total. The summed E-state index contributed by atoms with van der Waals surface area (Å²) in [5.41, 5.74) is 5.96. The van der Waals surface area contributed by atoms with E-state index in [0.717, 1.165) is 22.0 Å². The number of phenols is 1. The first-order valence-electron chi connectivity index (χ1n) is 9.52. The highest BCUT2D eigenvalue weighted by Gasteiger charge is 2.01. The van der Waals surface area contributed by atoms with Crippen molar-refractivity contribution < 1.29 is 5.11 Å². The summed E-state index contributed by atoms with van der Waals surface area (Å²) in [5.74, 6) is 0.163. The predicted molar refractivity (Wildman–Crippen MR) is 119 cm³/mol. The lowest BCUT2D eigenvalue weighted by Gasteiger charge is -2.03. The van der Waals surface area contributed by atoms with E-state index in [1.807, 2.05) is 76.2 Å². The summed E-state index contributed by atoms with van der Waals surface area (Å²) < 4.78 is 0. The molecule has 2 heterocycles. The Balaban J connectivity index is 0.000000660. The van der Waals surface area contributed by atoms with Gasteiger partial charge in [0.2, 0.25) is 0 Å². The maximum absolute atomic E-state index is 9.87. The number of phenolic OH excluding ortho intramolecular Hbond substituents is 1. The van der Waals surface area contributed by atoms with Crippen LogP contribution in [-0.4, -0.2) is 21.3 Å². The van der Waals surface area contributed by atoms with Gasteiger partial charge in [0.05, 0.1) is 23.1 Å². The Labute approximate surface area is 165 Å². The number of benzene rings is 2. The first kappa shape index (κ1) is 20.8. The first-order chi connectivity index (χ1) is 13.8. The molecule has 0 fully saturated rings. The van der Waals surface area contributed by atoms with Crippen LogP contribution in [0.25, 0.3) is 21.8 Å². The van der Waals surface area contributed by atoms with Gasteiger partial charge in [-0.25, -0.2) is 4.98 Å². The number of rotatable bonds is 3. The summed E-state index contributed by atoms with van der Waals surface area (Å²) in [6, 6.07) is 18.9. The number of aromatic hydroxyl groups is 1. The summed E-state index contributed by atoms with van der Waals surface area (Å²) in [4.78, 5) is 8.72. The molecule has 0 bridgehead atoms. The molecule has 0 aliphatic heterocycles. The Morgan fingerprint density at radius 3 is 2.46 bits per heavy atom. The number of fused-ring (bicyclic) bond motifs is 2. The molecule has 0 unspecified atom stereocenters. The number of hydrogen-bond acceptors (Lipinski definition) is 5. The summed E-state index contributed by atoms with van der Waals surface area (Å²) in [5, 5.41) is 16.1. The van der Waals surface area contributed by atoms with Crippen molar-refractivity contribution in [3.8, 4) is 5.75 Å². The van der Waals surface area contributed by atoms with Crippen molar-refractivity contribution >= 4 is 33.7 Å². The van der Waals surface area contributed by atoms with Gasteiger partial charge in [-0.05, 0) is 30.3 Å². The average molecular weight is 374 g/mol. The molecule has 28 heavy (non-hydrogen) atoms. The van der Waals surface area contributed by atoms with E-state index in [1.165, 1.54) is 0 Å². The maximum atomic E-state index is 9.87. The van der Waals surface area contributed by atoms with Crippen LogP contribution in [0.15, 0.2) is 72.0 Å². The lowest BCUT2D eigenvalue weighted by Crippen LogP contribution is -1.93. The van der Waals surface area contributed by atoms with Crippen LogP contribution in [0.2, 0.25) is 0 Å². The zero-order valence-electron chi connectivity index (χ0n) is 16.7. The summed E-state index contributed by atoms with van der Waals surface area (Å²) in [6.07, 6.45) is 3.38. The topological polar surface area (TPSA) is 70.4 Å². The van der Waals surface area contributed by atoms with Crippen molar-refractivity contribution in [2.24, 2.45) is 5.10 Å². The Bertz CT molecular complexity index is 1060. The van der Waals surface area contributed by atoms with Crippen molar-refractivity contribution in [2.45, 2.75) is 27.7 Å². The number of nitrogens with zero attached hydrogens (tertiary/aromatic N) is 3. The molecule has 2 aromatic carbocycles. The second kappa shape index (κ2) is 10.6. The number of pyridine rings is 2. The number of para-hydroxylation sites is 1. The average Bonchev–Trinajstić information content (AvgIpc) is 2.77. The Morgan fingerprint density at radius 1 is 0.893 bits per heavy atom. The number of hydrogen-bond donors (Lipinski definition) is 2. The summed E-state index contributed by atoms with van der Waals surface area (Å²) in [6.45, 7) is 8.00. The van der Waals surface area contributed by atoms with Gasteiger partial charge in [0, 0.05) is 17.0 Å². The minimum Gasteiger partial charge on any atom is -0.506 e. The van der Waals surface area contributed by atoms with E-state index in [-0.39, 0.29) is 5.75 Å². The van der Waals surface area contributed by atoms with Crippen LogP contribution in [0.5, 0.6) is 5.75 Å². The fraction of sp³-hybridized carbons (Fsp3) is 0.174. The van der Waals surface area contributed by atoms with E-state index in [1.54, 1.807) is 24.5 Å².